The molecule has 0 radical (unpaired) electrons. The Morgan fingerprint density at radius 2 is 1.83 bits per heavy atom. The molecule has 1 amide bonds. The van der Waals surface area contributed by atoms with E-state index in [-0.39, 0.29) is 5.91 Å². The standard InChI is InChI=1S/C16H26ClN3O3S/c1-5-15(16(21)18-11-6-12-19(2)3)20(24(4,22)23)14-9-7-13(17)8-10-14/h7-10,15H,5-6,11-12H2,1-4H3,(H,18,21). The van der Waals surface area contributed by atoms with E-state index in [2.05, 4.69) is 5.32 Å². The topological polar surface area (TPSA) is 69.7 Å². The predicted octanol–water partition coefficient (Wildman–Crippen LogP) is 1.95. The Labute approximate surface area is 149 Å². The van der Waals surface area contributed by atoms with E-state index >= 15 is 0 Å². The molecule has 0 bridgehead atoms. The molecule has 0 spiro atoms. The fourth-order valence-electron chi connectivity index (χ4n) is 2.37. The molecule has 0 aliphatic carbocycles. The summed E-state index contributed by atoms with van der Waals surface area (Å²) in [6.07, 6.45) is 2.27. The number of benzene rings is 1. The number of rotatable bonds is 9. The molecule has 1 aromatic rings. The van der Waals surface area contributed by atoms with E-state index in [1.807, 2.05) is 19.0 Å². The largest absolute Gasteiger partial charge is 0.354 e. The van der Waals surface area contributed by atoms with Crippen molar-refractivity contribution in [2.75, 3.05) is 37.7 Å². The molecule has 1 atom stereocenters. The molecular formula is C16H26ClN3O3S. The van der Waals surface area contributed by atoms with Crippen LogP contribution in [0, 0.1) is 0 Å². The molecule has 0 aliphatic rings. The summed E-state index contributed by atoms with van der Waals surface area (Å²) in [5.74, 6) is -0.295. The Morgan fingerprint density at radius 1 is 1.25 bits per heavy atom. The van der Waals surface area contributed by atoms with Gasteiger partial charge < -0.3 is 10.2 Å². The lowest BCUT2D eigenvalue weighted by Crippen LogP contribution is -2.49. The maximum absolute atomic E-state index is 12.5. The number of sulfonamides is 1. The van der Waals surface area contributed by atoms with Gasteiger partial charge in [0.2, 0.25) is 15.9 Å². The number of amides is 1. The van der Waals surface area contributed by atoms with Crippen LogP contribution in [0.1, 0.15) is 19.8 Å². The molecule has 0 aromatic heterocycles. The summed E-state index contributed by atoms with van der Waals surface area (Å²) < 4.78 is 25.7. The third kappa shape index (κ3) is 6.30. The van der Waals surface area contributed by atoms with E-state index in [4.69, 9.17) is 11.6 Å². The lowest BCUT2D eigenvalue weighted by Gasteiger charge is -2.30. The van der Waals surface area contributed by atoms with Crippen molar-refractivity contribution in [3.63, 3.8) is 0 Å². The SMILES string of the molecule is CCC(C(=O)NCCCN(C)C)N(c1ccc(Cl)cc1)S(C)(=O)=O. The third-order valence-corrected chi connectivity index (χ3v) is 4.92. The van der Waals surface area contributed by atoms with Crippen molar-refractivity contribution < 1.29 is 13.2 Å². The van der Waals surface area contributed by atoms with Crippen LogP contribution in [0.25, 0.3) is 0 Å². The molecule has 0 saturated heterocycles. The number of anilines is 1. The molecule has 0 heterocycles. The lowest BCUT2D eigenvalue weighted by molar-refractivity contribution is -0.122. The minimum absolute atomic E-state index is 0.295. The van der Waals surface area contributed by atoms with Crippen LogP contribution < -0.4 is 9.62 Å². The normalized spacial score (nSPS) is 12.9. The summed E-state index contributed by atoms with van der Waals surface area (Å²) in [7, 11) is 0.312. The minimum Gasteiger partial charge on any atom is -0.354 e. The molecule has 0 saturated carbocycles. The fraction of sp³-hybridized carbons (Fsp3) is 0.562. The summed E-state index contributed by atoms with van der Waals surface area (Å²) in [5, 5.41) is 3.33. The van der Waals surface area contributed by atoms with E-state index in [1.54, 1.807) is 31.2 Å². The van der Waals surface area contributed by atoms with Crippen LogP contribution >= 0.6 is 11.6 Å². The second-order valence-corrected chi connectivity index (χ2v) is 8.20. The summed E-state index contributed by atoms with van der Waals surface area (Å²) in [4.78, 5) is 14.5. The van der Waals surface area contributed by atoms with Crippen LogP contribution in [0.4, 0.5) is 5.69 Å². The molecular weight excluding hydrogens is 350 g/mol. The van der Waals surface area contributed by atoms with E-state index in [1.165, 1.54) is 0 Å². The van der Waals surface area contributed by atoms with Crippen molar-refractivity contribution in [2.45, 2.75) is 25.8 Å². The maximum atomic E-state index is 12.5. The van der Waals surface area contributed by atoms with Gasteiger partial charge in [0.1, 0.15) is 6.04 Å². The average molecular weight is 376 g/mol. The van der Waals surface area contributed by atoms with Gasteiger partial charge in [0, 0.05) is 11.6 Å². The van der Waals surface area contributed by atoms with Crippen molar-refractivity contribution in [1.29, 1.82) is 0 Å². The monoisotopic (exact) mass is 375 g/mol. The van der Waals surface area contributed by atoms with Crippen LogP contribution in [0.15, 0.2) is 24.3 Å². The molecule has 1 aromatic carbocycles. The van der Waals surface area contributed by atoms with E-state index in [0.29, 0.717) is 23.7 Å². The number of carbonyl (C=O) groups is 1. The Morgan fingerprint density at radius 3 is 2.29 bits per heavy atom. The molecule has 0 fully saturated rings. The number of carbonyl (C=O) groups excluding carboxylic acids is 1. The fourth-order valence-corrected chi connectivity index (χ4v) is 3.71. The van der Waals surface area contributed by atoms with E-state index in [0.717, 1.165) is 23.5 Å². The van der Waals surface area contributed by atoms with Crippen molar-refractivity contribution >= 4 is 33.2 Å². The first-order chi connectivity index (χ1) is 11.2. The predicted molar refractivity (Wildman–Crippen MR) is 99.0 cm³/mol. The number of hydrogen-bond donors (Lipinski definition) is 1. The zero-order chi connectivity index (χ0) is 18.3. The van der Waals surface area contributed by atoms with Gasteiger partial charge in [-0.05, 0) is 57.7 Å². The third-order valence-electron chi connectivity index (χ3n) is 3.49. The van der Waals surface area contributed by atoms with Crippen molar-refractivity contribution in [1.82, 2.24) is 10.2 Å². The smallest absolute Gasteiger partial charge is 0.243 e. The van der Waals surface area contributed by atoms with Gasteiger partial charge >= 0.3 is 0 Å². The first-order valence-corrected chi connectivity index (χ1v) is 10.1. The molecule has 1 N–H and O–H groups in total. The highest BCUT2D eigenvalue weighted by molar-refractivity contribution is 7.92. The van der Waals surface area contributed by atoms with E-state index in [9.17, 15) is 13.2 Å². The Bertz CT molecular complexity index is 632. The highest BCUT2D eigenvalue weighted by Gasteiger charge is 2.31. The highest BCUT2D eigenvalue weighted by atomic mass is 35.5. The molecule has 8 heteroatoms. The minimum atomic E-state index is -3.61. The molecule has 136 valence electrons. The molecule has 24 heavy (non-hydrogen) atoms. The maximum Gasteiger partial charge on any atom is 0.243 e. The van der Waals surface area contributed by atoms with Gasteiger partial charge in [-0.1, -0.05) is 18.5 Å². The second kappa shape index (κ2) is 9.25. The number of hydrogen-bond acceptors (Lipinski definition) is 4. The lowest BCUT2D eigenvalue weighted by atomic mass is 10.2. The first kappa shape index (κ1) is 20.7. The molecule has 1 rings (SSSR count). The summed E-state index contributed by atoms with van der Waals surface area (Å²) in [6.45, 7) is 3.15. The zero-order valence-electron chi connectivity index (χ0n) is 14.6. The first-order valence-electron chi connectivity index (χ1n) is 7.84. The van der Waals surface area contributed by atoms with Crippen LogP contribution in [0.2, 0.25) is 5.02 Å². The van der Waals surface area contributed by atoms with Crippen LogP contribution in [0.3, 0.4) is 0 Å². The summed E-state index contributed by atoms with van der Waals surface area (Å²) in [6, 6.07) is 5.63. The summed E-state index contributed by atoms with van der Waals surface area (Å²) >= 11 is 5.87. The Hall–Kier alpha value is -1.31. The van der Waals surface area contributed by atoms with Gasteiger partial charge in [-0.2, -0.15) is 0 Å². The van der Waals surface area contributed by atoms with Crippen molar-refractivity contribution in [3.05, 3.63) is 29.3 Å². The number of halogens is 1. The number of nitrogens with zero attached hydrogens (tertiary/aromatic N) is 2. The summed E-state index contributed by atoms with van der Waals surface area (Å²) in [5.41, 5.74) is 0.428. The van der Waals surface area contributed by atoms with Crippen molar-refractivity contribution in [2.24, 2.45) is 0 Å². The highest BCUT2D eigenvalue weighted by Crippen LogP contribution is 2.24. The van der Waals surface area contributed by atoms with Gasteiger partial charge in [0.05, 0.1) is 11.9 Å². The van der Waals surface area contributed by atoms with E-state index < -0.39 is 16.1 Å². The van der Waals surface area contributed by atoms with Crippen LogP contribution in [0.5, 0.6) is 0 Å². The average Bonchev–Trinajstić information content (AvgIpc) is 2.48. The van der Waals surface area contributed by atoms with Gasteiger partial charge in [-0.25, -0.2) is 8.42 Å². The van der Waals surface area contributed by atoms with Gasteiger partial charge in [-0.15, -0.1) is 0 Å². The van der Waals surface area contributed by atoms with Gasteiger partial charge in [0.25, 0.3) is 0 Å². The molecule has 0 aliphatic heterocycles. The Balaban J connectivity index is 2.93. The van der Waals surface area contributed by atoms with Crippen LogP contribution in [-0.2, 0) is 14.8 Å². The second-order valence-electron chi connectivity index (χ2n) is 5.91. The van der Waals surface area contributed by atoms with Crippen LogP contribution in [-0.4, -0.2) is 58.7 Å². The molecule has 6 nitrogen and oxygen atoms in total. The van der Waals surface area contributed by atoms with Crippen molar-refractivity contribution in [3.8, 4) is 0 Å². The van der Waals surface area contributed by atoms with Gasteiger partial charge in [0.15, 0.2) is 0 Å². The number of nitrogens with one attached hydrogen (secondary N) is 1. The van der Waals surface area contributed by atoms with Gasteiger partial charge in [-0.3, -0.25) is 9.10 Å². The molecule has 1 unspecified atom stereocenters. The Kier molecular flexibility index (Phi) is 7.99. The zero-order valence-corrected chi connectivity index (χ0v) is 16.2. The quantitative estimate of drug-likeness (QED) is 0.670.